The Morgan fingerprint density at radius 2 is 1.64 bits per heavy atom. The summed E-state index contributed by atoms with van der Waals surface area (Å²) in [6.45, 7) is 2.15. The van der Waals surface area contributed by atoms with Gasteiger partial charge in [-0.1, -0.05) is 71.7 Å². The fourth-order valence-electron chi connectivity index (χ4n) is 4.34. The molecule has 10 heteroatoms. The molecular formula is C29H33Cl2N3O4S. The maximum absolute atomic E-state index is 13.7. The van der Waals surface area contributed by atoms with E-state index in [9.17, 15) is 18.0 Å². The molecule has 1 N–H and O–H groups in total. The van der Waals surface area contributed by atoms with Crippen molar-refractivity contribution in [2.24, 2.45) is 0 Å². The Labute approximate surface area is 240 Å². The largest absolute Gasteiger partial charge is 0.357 e. The molecule has 0 fully saturated rings. The zero-order valence-corrected chi connectivity index (χ0v) is 24.6. The zero-order valence-electron chi connectivity index (χ0n) is 22.2. The van der Waals surface area contributed by atoms with Crippen molar-refractivity contribution in [2.75, 3.05) is 24.2 Å². The van der Waals surface area contributed by atoms with Crippen molar-refractivity contribution < 1.29 is 18.0 Å². The first-order chi connectivity index (χ1) is 18.5. The second-order valence-corrected chi connectivity index (χ2v) is 12.1. The van der Waals surface area contributed by atoms with Crippen LogP contribution in [0.4, 0.5) is 5.69 Å². The van der Waals surface area contributed by atoms with Crippen molar-refractivity contribution in [1.29, 1.82) is 0 Å². The predicted molar refractivity (Wildman–Crippen MR) is 158 cm³/mol. The highest BCUT2D eigenvalue weighted by atomic mass is 35.5. The molecule has 3 aromatic rings. The lowest BCUT2D eigenvalue weighted by Crippen LogP contribution is -2.49. The summed E-state index contributed by atoms with van der Waals surface area (Å²) in [4.78, 5) is 28.3. The van der Waals surface area contributed by atoms with E-state index < -0.39 is 16.1 Å². The van der Waals surface area contributed by atoms with E-state index in [1.54, 1.807) is 36.4 Å². The lowest BCUT2D eigenvalue weighted by molar-refractivity contribution is -0.141. The molecule has 3 rings (SSSR count). The van der Waals surface area contributed by atoms with Crippen LogP contribution in [0.1, 0.15) is 29.5 Å². The van der Waals surface area contributed by atoms with Crippen molar-refractivity contribution in [3.63, 3.8) is 0 Å². The van der Waals surface area contributed by atoms with Gasteiger partial charge in [0.1, 0.15) is 6.04 Å². The molecule has 0 aliphatic rings. The van der Waals surface area contributed by atoms with Gasteiger partial charge in [-0.05, 0) is 54.3 Å². The van der Waals surface area contributed by atoms with Crippen LogP contribution in [-0.4, -0.2) is 51.0 Å². The summed E-state index contributed by atoms with van der Waals surface area (Å²) in [5.41, 5.74) is 3.10. The van der Waals surface area contributed by atoms with Crippen LogP contribution >= 0.6 is 23.2 Å². The topological polar surface area (TPSA) is 86.8 Å². The van der Waals surface area contributed by atoms with E-state index in [1.165, 1.54) is 16.3 Å². The van der Waals surface area contributed by atoms with Crippen LogP contribution in [-0.2, 0) is 32.6 Å². The molecule has 208 valence electrons. The van der Waals surface area contributed by atoms with Crippen molar-refractivity contribution >= 4 is 50.7 Å². The standard InChI is InChI=1S/C29H33Cl2N3O4S/c1-21-9-7-12-24(17-21)34(39(3,37)38)16-8-13-28(35)33(20-23-14-15-25(30)26(31)18-23)27(29(36)32-2)19-22-10-5-4-6-11-22/h4-7,9-12,14-15,17-18,27H,8,13,16,19-20H2,1-3H3,(H,32,36). The number of aryl methyl sites for hydroxylation is 1. The van der Waals surface area contributed by atoms with Crippen LogP contribution in [0, 0.1) is 6.92 Å². The Balaban J connectivity index is 1.86. The van der Waals surface area contributed by atoms with Crippen molar-refractivity contribution in [3.8, 4) is 0 Å². The van der Waals surface area contributed by atoms with Crippen molar-refractivity contribution in [1.82, 2.24) is 10.2 Å². The second kappa shape index (κ2) is 13.8. The Hall–Kier alpha value is -3.07. The second-order valence-electron chi connectivity index (χ2n) is 9.37. The van der Waals surface area contributed by atoms with Crippen molar-refractivity contribution in [2.45, 2.75) is 38.8 Å². The molecule has 0 aliphatic heterocycles. The minimum atomic E-state index is -3.57. The van der Waals surface area contributed by atoms with E-state index >= 15 is 0 Å². The van der Waals surface area contributed by atoms with Gasteiger partial charge in [0.2, 0.25) is 21.8 Å². The first kappa shape index (κ1) is 30.5. The molecule has 3 aromatic carbocycles. The normalized spacial score (nSPS) is 12.0. The number of nitrogens with one attached hydrogen (secondary N) is 1. The quantitative estimate of drug-likeness (QED) is 0.313. The average Bonchev–Trinajstić information content (AvgIpc) is 2.90. The van der Waals surface area contributed by atoms with Crippen molar-refractivity contribution in [3.05, 3.63) is 99.5 Å². The van der Waals surface area contributed by atoms with Gasteiger partial charge in [-0.3, -0.25) is 13.9 Å². The molecule has 0 spiro atoms. The van der Waals surface area contributed by atoms with E-state index in [4.69, 9.17) is 23.2 Å². The summed E-state index contributed by atoms with van der Waals surface area (Å²) in [7, 11) is -2.03. The molecule has 39 heavy (non-hydrogen) atoms. The number of amides is 2. The van der Waals surface area contributed by atoms with E-state index in [-0.39, 0.29) is 37.7 Å². The summed E-state index contributed by atoms with van der Waals surface area (Å²) < 4.78 is 26.4. The third-order valence-corrected chi connectivity index (χ3v) is 8.23. The number of likely N-dealkylation sites (N-methyl/N-ethyl adjacent to an activating group) is 1. The summed E-state index contributed by atoms with van der Waals surface area (Å²) in [5, 5.41) is 3.42. The van der Waals surface area contributed by atoms with E-state index in [0.717, 1.165) is 22.9 Å². The lowest BCUT2D eigenvalue weighted by Gasteiger charge is -2.31. The van der Waals surface area contributed by atoms with E-state index in [1.807, 2.05) is 43.3 Å². The van der Waals surface area contributed by atoms with Gasteiger partial charge < -0.3 is 10.2 Å². The Kier molecular flexibility index (Phi) is 10.8. The molecule has 1 unspecified atom stereocenters. The minimum absolute atomic E-state index is 0.0431. The molecule has 0 bridgehead atoms. The predicted octanol–water partition coefficient (Wildman–Crippen LogP) is 5.23. The minimum Gasteiger partial charge on any atom is -0.357 e. The number of sulfonamides is 1. The number of hydrogen-bond acceptors (Lipinski definition) is 4. The monoisotopic (exact) mass is 589 g/mol. The fraction of sp³-hybridized carbons (Fsp3) is 0.310. The van der Waals surface area contributed by atoms with Gasteiger partial charge in [0.05, 0.1) is 22.0 Å². The van der Waals surface area contributed by atoms with E-state index in [2.05, 4.69) is 5.32 Å². The van der Waals surface area contributed by atoms with Crippen LogP contribution in [0.5, 0.6) is 0 Å². The Morgan fingerprint density at radius 3 is 2.26 bits per heavy atom. The van der Waals surface area contributed by atoms with E-state index in [0.29, 0.717) is 22.2 Å². The number of halogens is 2. The van der Waals surface area contributed by atoms with Gasteiger partial charge in [0.25, 0.3) is 0 Å². The number of hydrogen-bond donors (Lipinski definition) is 1. The number of nitrogens with zero attached hydrogens (tertiary/aromatic N) is 2. The number of carbonyl (C=O) groups is 2. The third-order valence-electron chi connectivity index (χ3n) is 6.30. The maximum atomic E-state index is 13.7. The van der Waals surface area contributed by atoms with Crippen LogP contribution in [0.25, 0.3) is 0 Å². The van der Waals surface area contributed by atoms with Crippen LogP contribution in [0.3, 0.4) is 0 Å². The Bertz CT molecular complexity index is 1400. The lowest BCUT2D eigenvalue weighted by atomic mass is 10.0. The summed E-state index contributed by atoms with van der Waals surface area (Å²) in [6.07, 6.45) is 1.77. The highest BCUT2D eigenvalue weighted by Gasteiger charge is 2.30. The number of benzene rings is 3. The Morgan fingerprint density at radius 1 is 0.923 bits per heavy atom. The van der Waals surface area contributed by atoms with Gasteiger partial charge in [-0.15, -0.1) is 0 Å². The highest BCUT2D eigenvalue weighted by molar-refractivity contribution is 7.92. The molecule has 0 heterocycles. The fourth-order valence-corrected chi connectivity index (χ4v) is 5.62. The van der Waals surface area contributed by atoms with Gasteiger partial charge in [0, 0.05) is 33.0 Å². The molecule has 2 amide bonds. The molecule has 7 nitrogen and oxygen atoms in total. The SMILES string of the molecule is CNC(=O)C(Cc1ccccc1)N(Cc1ccc(Cl)c(Cl)c1)C(=O)CCCN(c1cccc(C)c1)S(C)(=O)=O. The van der Waals surface area contributed by atoms with Crippen LogP contribution in [0.2, 0.25) is 10.0 Å². The summed E-state index contributed by atoms with van der Waals surface area (Å²) >= 11 is 12.3. The molecule has 0 saturated heterocycles. The molecule has 0 aromatic heterocycles. The first-order valence-electron chi connectivity index (χ1n) is 12.5. The molecule has 1 atom stereocenters. The number of rotatable bonds is 12. The first-order valence-corrected chi connectivity index (χ1v) is 15.1. The van der Waals surface area contributed by atoms with Gasteiger partial charge in [-0.2, -0.15) is 0 Å². The average molecular weight is 591 g/mol. The summed E-state index contributed by atoms with van der Waals surface area (Å²) in [5.74, 6) is -0.576. The summed E-state index contributed by atoms with van der Waals surface area (Å²) in [6, 6.07) is 21.0. The molecular weight excluding hydrogens is 557 g/mol. The smallest absolute Gasteiger partial charge is 0.242 e. The molecule has 0 saturated carbocycles. The highest BCUT2D eigenvalue weighted by Crippen LogP contribution is 2.25. The molecule has 0 aliphatic carbocycles. The number of anilines is 1. The number of carbonyl (C=O) groups excluding carboxylic acids is 2. The van der Waals surface area contributed by atoms with Gasteiger partial charge in [0.15, 0.2) is 0 Å². The van der Waals surface area contributed by atoms with Gasteiger partial charge in [-0.25, -0.2) is 8.42 Å². The van der Waals surface area contributed by atoms with Gasteiger partial charge >= 0.3 is 0 Å². The van der Waals surface area contributed by atoms with Crippen LogP contribution in [0.15, 0.2) is 72.8 Å². The third kappa shape index (κ3) is 8.71. The molecule has 0 radical (unpaired) electrons. The maximum Gasteiger partial charge on any atom is 0.242 e. The van der Waals surface area contributed by atoms with Crippen LogP contribution < -0.4 is 9.62 Å². The zero-order chi connectivity index (χ0) is 28.6.